The Labute approximate surface area is 179 Å². The number of allylic oxidation sites excluding steroid dienone is 2. The summed E-state index contributed by atoms with van der Waals surface area (Å²) in [5.41, 5.74) is 0. The molecule has 4 heteroatoms. The van der Waals surface area contributed by atoms with Crippen LogP contribution in [-0.4, -0.2) is 41.4 Å². The van der Waals surface area contributed by atoms with Gasteiger partial charge in [0.05, 0.1) is 25.4 Å². The van der Waals surface area contributed by atoms with E-state index in [4.69, 9.17) is 9.47 Å². The third-order valence-electron chi connectivity index (χ3n) is 6.86. The van der Waals surface area contributed by atoms with Gasteiger partial charge in [0, 0.05) is 12.8 Å². The Morgan fingerprint density at radius 1 is 0.828 bits per heavy atom. The zero-order valence-electron chi connectivity index (χ0n) is 19.0. The lowest BCUT2D eigenvalue weighted by molar-refractivity contribution is -0.276. The molecule has 4 atom stereocenters. The number of ether oxygens (including phenoxy) is 2. The minimum Gasteiger partial charge on any atom is -0.393 e. The lowest BCUT2D eigenvalue weighted by Crippen LogP contribution is -2.41. The van der Waals surface area contributed by atoms with E-state index < -0.39 is 18.0 Å². The number of aliphatic hydroxyl groups excluding tert-OH is 2. The van der Waals surface area contributed by atoms with Gasteiger partial charge < -0.3 is 19.7 Å². The third-order valence-corrected chi connectivity index (χ3v) is 6.86. The molecule has 1 saturated carbocycles. The topological polar surface area (TPSA) is 58.9 Å². The Kier molecular flexibility index (Phi) is 11.8. The maximum absolute atomic E-state index is 10.6. The standard InChI is InChI=1S/C25H46O4/c1-3-5-7-9-11-14-21-22(24(27)20-23(21)26)15-17-25(28-18-13-19-29-25)16-12-10-8-6-4-2/h9,11,21-24,26-27H,3-8,10,12-20H2,1-2H3/b11-9-/t21-,22-,23+,24-/m1/s1. The molecule has 4 nitrogen and oxygen atoms in total. The van der Waals surface area contributed by atoms with Crippen LogP contribution in [0.15, 0.2) is 12.2 Å². The van der Waals surface area contributed by atoms with Gasteiger partial charge in [-0.15, -0.1) is 0 Å². The second-order valence-electron chi connectivity index (χ2n) is 9.21. The molecule has 2 rings (SSSR count). The van der Waals surface area contributed by atoms with Crippen molar-refractivity contribution in [1.82, 2.24) is 0 Å². The molecule has 29 heavy (non-hydrogen) atoms. The van der Waals surface area contributed by atoms with Gasteiger partial charge in [-0.1, -0.05) is 64.5 Å². The van der Waals surface area contributed by atoms with Gasteiger partial charge in [-0.2, -0.15) is 0 Å². The molecule has 170 valence electrons. The normalized spacial score (nSPS) is 29.7. The summed E-state index contributed by atoms with van der Waals surface area (Å²) in [6, 6.07) is 0. The fourth-order valence-electron chi connectivity index (χ4n) is 5.01. The van der Waals surface area contributed by atoms with E-state index in [1.165, 1.54) is 38.5 Å². The van der Waals surface area contributed by atoms with Crippen LogP contribution in [0.2, 0.25) is 0 Å². The minimum atomic E-state index is -0.473. The summed E-state index contributed by atoms with van der Waals surface area (Å²) in [6.45, 7) is 5.99. The largest absolute Gasteiger partial charge is 0.393 e. The zero-order chi connectivity index (χ0) is 21.0. The van der Waals surface area contributed by atoms with E-state index in [0.29, 0.717) is 6.42 Å². The first kappa shape index (κ1) is 24.8. The van der Waals surface area contributed by atoms with Gasteiger partial charge in [0.25, 0.3) is 0 Å². The van der Waals surface area contributed by atoms with Crippen LogP contribution in [0.4, 0.5) is 0 Å². The average molecular weight is 411 g/mol. The van der Waals surface area contributed by atoms with Crippen molar-refractivity contribution in [3.63, 3.8) is 0 Å². The van der Waals surface area contributed by atoms with Crippen LogP contribution in [0.5, 0.6) is 0 Å². The number of aliphatic hydroxyl groups is 2. The maximum Gasteiger partial charge on any atom is 0.168 e. The SMILES string of the molecule is CCCC/C=C\C[C@@H]1[C@@H](CCC2(CCCCCCC)OCCCO2)[C@H](O)C[C@@H]1O. The molecule has 2 N–H and O–H groups in total. The van der Waals surface area contributed by atoms with Gasteiger partial charge in [0.2, 0.25) is 0 Å². The minimum absolute atomic E-state index is 0.131. The van der Waals surface area contributed by atoms with Gasteiger partial charge in [0.1, 0.15) is 0 Å². The van der Waals surface area contributed by atoms with Crippen LogP contribution in [0.3, 0.4) is 0 Å². The van der Waals surface area contributed by atoms with Gasteiger partial charge in [0.15, 0.2) is 5.79 Å². The summed E-state index contributed by atoms with van der Waals surface area (Å²) in [5.74, 6) is -0.195. The lowest BCUT2D eigenvalue weighted by atomic mass is 9.84. The van der Waals surface area contributed by atoms with E-state index in [2.05, 4.69) is 26.0 Å². The van der Waals surface area contributed by atoms with Crippen LogP contribution in [0, 0.1) is 11.8 Å². The number of rotatable bonds is 14. The van der Waals surface area contributed by atoms with Crippen LogP contribution >= 0.6 is 0 Å². The van der Waals surface area contributed by atoms with Gasteiger partial charge in [-0.3, -0.25) is 0 Å². The Balaban J connectivity index is 1.88. The number of hydrogen-bond donors (Lipinski definition) is 2. The number of unbranched alkanes of at least 4 members (excludes halogenated alkanes) is 6. The highest BCUT2D eigenvalue weighted by Crippen LogP contribution is 2.41. The molecule has 1 aliphatic carbocycles. The van der Waals surface area contributed by atoms with Gasteiger partial charge in [-0.05, 0) is 50.4 Å². The summed E-state index contributed by atoms with van der Waals surface area (Å²) in [5, 5.41) is 21.1. The van der Waals surface area contributed by atoms with Crippen LogP contribution in [0.1, 0.15) is 104 Å². The molecule has 0 bridgehead atoms. The molecule has 0 spiro atoms. The molecule has 0 aromatic heterocycles. The molecule has 0 amide bonds. The lowest BCUT2D eigenvalue weighted by Gasteiger charge is -2.39. The van der Waals surface area contributed by atoms with Crippen molar-refractivity contribution < 1.29 is 19.7 Å². The Morgan fingerprint density at radius 2 is 1.52 bits per heavy atom. The van der Waals surface area contributed by atoms with Crippen molar-refractivity contribution in [3.8, 4) is 0 Å². The molecule has 2 fully saturated rings. The summed E-state index contributed by atoms with van der Waals surface area (Å²) in [6.07, 6.45) is 18.3. The van der Waals surface area contributed by atoms with Crippen LogP contribution in [-0.2, 0) is 9.47 Å². The Hall–Kier alpha value is -0.420. The smallest absolute Gasteiger partial charge is 0.168 e. The van der Waals surface area contributed by atoms with Crippen molar-refractivity contribution in [2.45, 2.75) is 122 Å². The molecule has 1 aliphatic heterocycles. The molecule has 0 radical (unpaired) electrons. The predicted molar refractivity (Wildman–Crippen MR) is 119 cm³/mol. The molecule has 0 aromatic carbocycles. The molecular weight excluding hydrogens is 364 g/mol. The van der Waals surface area contributed by atoms with E-state index in [1.807, 2.05) is 0 Å². The van der Waals surface area contributed by atoms with Crippen molar-refractivity contribution in [1.29, 1.82) is 0 Å². The third kappa shape index (κ3) is 8.32. The fourth-order valence-corrected chi connectivity index (χ4v) is 5.01. The average Bonchev–Trinajstić information content (AvgIpc) is 2.99. The summed E-state index contributed by atoms with van der Waals surface area (Å²) in [4.78, 5) is 0. The predicted octanol–water partition coefficient (Wildman–Crippen LogP) is 5.75. The van der Waals surface area contributed by atoms with Gasteiger partial charge >= 0.3 is 0 Å². The molecule has 1 saturated heterocycles. The van der Waals surface area contributed by atoms with Crippen molar-refractivity contribution in [2.24, 2.45) is 11.8 Å². The zero-order valence-corrected chi connectivity index (χ0v) is 19.0. The Morgan fingerprint density at radius 3 is 2.24 bits per heavy atom. The highest BCUT2D eigenvalue weighted by atomic mass is 16.7. The first-order valence-corrected chi connectivity index (χ1v) is 12.4. The van der Waals surface area contributed by atoms with Crippen molar-refractivity contribution in [3.05, 3.63) is 12.2 Å². The second-order valence-corrected chi connectivity index (χ2v) is 9.21. The van der Waals surface area contributed by atoms with E-state index in [-0.39, 0.29) is 11.8 Å². The molecule has 2 aliphatic rings. The summed E-state index contributed by atoms with van der Waals surface area (Å²) < 4.78 is 12.3. The summed E-state index contributed by atoms with van der Waals surface area (Å²) >= 11 is 0. The van der Waals surface area contributed by atoms with E-state index in [0.717, 1.165) is 58.2 Å². The first-order valence-electron chi connectivity index (χ1n) is 12.4. The molecule has 1 heterocycles. The van der Waals surface area contributed by atoms with Crippen molar-refractivity contribution in [2.75, 3.05) is 13.2 Å². The van der Waals surface area contributed by atoms with Crippen molar-refractivity contribution >= 4 is 0 Å². The van der Waals surface area contributed by atoms with E-state index in [9.17, 15) is 10.2 Å². The second kappa shape index (κ2) is 13.8. The monoisotopic (exact) mass is 410 g/mol. The molecule has 0 aromatic rings. The first-order chi connectivity index (χ1) is 14.1. The highest BCUT2D eigenvalue weighted by molar-refractivity contribution is 4.96. The summed E-state index contributed by atoms with van der Waals surface area (Å²) in [7, 11) is 0. The maximum atomic E-state index is 10.6. The Bertz CT molecular complexity index is 444. The van der Waals surface area contributed by atoms with E-state index >= 15 is 0 Å². The van der Waals surface area contributed by atoms with Gasteiger partial charge in [-0.25, -0.2) is 0 Å². The highest BCUT2D eigenvalue weighted by Gasteiger charge is 2.43. The molecular formula is C25H46O4. The number of hydrogen-bond acceptors (Lipinski definition) is 4. The fraction of sp³-hybridized carbons (Fsp3) is 0.920. The molecule has 0 unspecified atom stereocenters. The quantitative estimate of drug-likeness (QED) is 0.282. The van der Waals surface area contributed by atoms with Crippen LogP contribution < -0.4 is 0 Å². The van der Waals surface area contributed by atoms with E-state index in [1.54, 1.807) is 0 Å². The van der Waals surface area contributed by atoms with Crippen LogP contribution in [0.25, 0.3) is 0 Å².